The number of nitrogens with zero attached hydrogens (tertiary/aromatic N) is 1. The Balaban J connectivity index is 0.00000256. The quantitative estimate of drug-likeness (QED) is 0.332. The van der Waals surface area contributed by atoms with E-state index < -0.39 is 0 Å². The summed E-state index contributed by atoms with van der Waals surface area (Å²) in [5, 5.41) is 6.77. The van der Waals surface area contributed by atoms with Gasteiger partial charge in [0.2, 0.25) is 0 Å². The van der Waals surface area contributed by atoms with E-state index in [-0.39, 0.29) is 24.0 Å². The summed E-state index contributed by atoms with van der Waals surface area (Å²) in [5.74, 6) is 0.934. The molecule has 1 fully saturated rings. The first-order valence-corrected chi connectivity index (χ1v) is 6.41. The molecule has 0 radical (unpaired) electrons. The minimum atomic E-state index is 0. The highest BCUT2D eigenvalue weighted by molar-refractivity contribution is 14.0. The highest BCUT2D eigenvalue weighted by Gasteiger charge is 2.15. The third kappa shape index (κ3) is 7.81. The van der Waals surface area contributed by atoms with Crippen LogP contribution >= 0.6 is 24.0 Å². The lowest BCUT2D eigenvalue weighted by atomic mass is 10.2. The molecule has 0 aromatic heterocycles. The van der Waals surface area contributed by atoms with Gasteiger partial charge in [-0.05, 0) is 26.2 Å². The first-order valence-electron chi connectivity index (χ1n) is 6.41. The van der Waals surface area contributed by atoms with E-state index in [2.05, 4.69) is 15.6 Å². The van der Waals surface area contributed by atoms with Crippen molar-refractivity contribution in [3.63, 3.8) is 0 Å². The van der Waals surface area contributed by atoms with Gasteiger partial charge in [0.05, 0.1) is 0 Å². The van der Waals surface area contributed by atoms with Crippen LogP contribution in [0.4, 0.5) is 0 Å². The number of halogens is 1. The van der Waals surface area contributed by atoms with Crippen LogP contribution in [-0.2, 0) is 4.74 Å². The number of nitrogens with one attached hydrogen (secondary N) is 2. The fourth-order valence-electron chi connectivity index (χ4n) is 1.98. The summed E-state index contributed by atoms with van der Waals surface area (Å²) in [5.41, 5.74) is 0. The van der Waals surface area contributed by atoms with E-state index in [1.54, 1.807) is 0 Å². The molecule has 0 saturated heterocycles. The standard InChI is InChI=1S/C12H25N3O.HI/c1-3-16-10-6-9-14-12(13-2)15-11-7-4-5-8-11;/h11H,3-10H2,1-2H3,(H2,13,14,15);1H. The molecule has 0 unspecified atom stereocenters. The van der Waals surface area contributed by atoms with Crippen LogP contribution in [0.2, 0.25) is 0 Å². The van der Waals surface area contributed by atoms with E-state index in [4.69, 9.17) is 4.74 Å². The van der Waals surface area contributed by atoms with E-state index in [9.17, 15) is 0 Å². The Hall–Kier alpha value is -0.0400. The second-order valence-electron chi connectivity index (χ2n) is 4.18. The molecule has 0 aliphatic heterocycles. The van der Waals surface area contributed by atoms with E-state index in [0.717, 1.165) is 32.1 Å². The maximum atomic E-state index is 5.28. The molecule has 1 rings (SSSR count). The third-order valence-electron chi connectivity index (χ3n) is 2.88. The lowest BCUT2D eigenvalue weighted by Crippen LogP contribution is -2.42. The van der Waals surface area contributed by atoms with Crippen molar-refractivity contribution in [2.45, 2.75) is 45.1 Å². The third-order valence-corrected chi connectivity index (χ3v) is 2.88. The van der Waals surface area contributed by atoms with Gasteiger partial charge in [-0.1, -0.05) is 12.8 Å². The van der Waals surface area contributed by atoms with Gasteiger partial charge in [-0.2, -0.15) is 0 Å². The van der Waals surface area contributed by atoms with Crippen molar-refractivity contribution in [3.8, 4) is 0 Å². The summed E-state index contributed by atoms with van der Waals surface area (Å²) in [6.07, 6.45) is 6.27. The molecular weight excluding hydrogens is 329 g/mol. The van der Waals surface area contributed by atoms with Gasteiger partial charge in [0.1, 0.15) is 0 Å². The van der Waals surface area contributed by atoms with Crippen LogP contribution in [-0.4, -0.2) is 38.8 Å². The van der Waals surface area contributed by atoms with Crippen LogP contribution in [0.25, 0.3) is 0 Å². The van der Waals surface area contributed by atoms with E-state index in [1.165, 1.54) is 25.7 Å². The molecule has 0 bridgehead atoms. The second kappa shape index (κ2) is 11.1. The molecule has 1 aliphatic rings. The Morgan fingerprint density at radius 1 is 1.35 bits per heavy atom. The fourth-order valence-corrected chi connectivity index (χ4v) is 1.98. The number of hydrogen-bond donors (Lipinski definition) is 2. The highest BCUT2D eigenvalue weighted by Crippen LogP contribution is 2.17. The van der Waals surface area contributed by atoms with E-state index >= 15 is 0 Å². The van der Waals surface area contributed by atoms with Crippen molar-refractivity contribution in [3.05, 3.63) is 0 Å². The Bertz CT molecular complexity index is 206. The average molecular weight is 355 g/mol. The Morgan fingerprint density at radius 2 is 2.06 bits per heavy atom. The fraction of sp³-hybridized carbons (Fsp3) is 0.917. The molecule has 5 heteroatoms. The zero-order valence-electron chi connectivity index (χ0n) is 11.0. The van der Waals surface area contributed by atoms with Crippen molar-refractivity contribution < 1.29 is 4.74 Å². The van der Waals surface area contributed by atoms with E-state index in [1.807, 2.05) is 14.0 Å². The zero-order valence-corrected chi connectivity index (χ0v) is 13.3. The largest absolute Gasteiger partial charge is 0.382 e. The lowest BCUT2D eigenvalue weighted by Gasteiger charge is -2.16. The van der Waals surface area contributed by atoms with Crippen molar-refractivity contribution in [2.75, 3.05) is 26.8 Å². The Kier molecular flexibility index (Phi) is 11.0. The molecule has 4 nitrogen and oxygen atoms in total. The molecule has 0 atom stereocenters. The maximum Gasteiger partial charge on any atom is 0.191 e. The van der Waals surface area contributed by atoms with Crippen molar-refractivity contribution in [1.29, 1.82) is 0 Å². The topological polar surface area (TPSA) is 45.6 Å². The summed E-state index contributed by atoms with van der Waals surface area (Å²) in [6, 6.07) is 0.623. The van der Waals surface area contributed by atoms with Crippen LogP contribution in [0.5, 0.6) is 0 Å². The first kappa shape index (κ1) is 17.0. The molecule has 0 amide bonds. The summed E-state index contributed by atoms with van der Waals surface area (Å²) in [4.78, 5) is 4.22. The maximum absolute atomic E-state index is 5.28. The van der Waals surface area contributed by atoms with Crippen LogP contribution in [0.3, 0.4) is 0 Å². The van der Waals surface area contributed by atoms with Crippen LogP contribution in [0, 0.1) is 0 Å². The number of aliphatic imine (C=N–C) groups is 1. The minimum absolute atomic E-state index is 0. The molecule has 1 aliphatic carbocycles. The molecule has 0 aromatic carbocycles. The predicted octanol–water partition coefficient (Wildman–Crippen LogP) is 2.14. The van der Waals surface area contributed by atoms with Crippen LogP contribution in [0.1, 0.15) is 39.0 Å². The highest BCUT2D eigenvalue weighted by atomic mass is 127. The van der Waals surface area contributed by atoms with Crippen LogP contribution < -0.4 is 10.6 Å². The van der Waals surface area contributed by atoms with Gasteiger partial charge in [-0.15, -0.1) is 24.0 Å². The number of rotatable bonds is 6. The summed E-state index contributed by atoms with van der Waals surface area (Å²) in [6.45, 7) is 4.57. The van der Waals surface area contributed by atoms with Gasteiger partial charge < -0.3 is 15.4 Å². The summed E-state index contributed by atoms with van der Waals surface area (Å²) < 4.78 is 5.28. The van der Waals surface area contributed by atoms with Gasteiger partial charge in [0.15, 0.2) is 5.96 Å². The molecule has 0 aromatic rings. The Labute approximate surface area is 122 Å². The monoisotopic (exact) mass is 355 g/mol. The van der Waals surface area contributed by atoms with Gasteiger partial charge in [-0.3, -0.25) is 4.99 Å². The molecule has 17 heavy (non-hydrogen) atoms. The van der Waals surface area contributed by atoms with E-state index in [0.29, 0.717) is 6.04 Å². The second-order valence-corrected chi connectivity index (χ2v) is 4.18. The van der Waals surface area contributed by atoms with Crippen molar-refractivity contribution >= 4 is 29.9 Å². The molecule has 1 saturated carbocycles. The number of guanidine groups is 1. The van der Waals surface area contributed by atoms with Gasteiger partial charge >= 0.3 is 0 Å². The number of hydrogen-bond acceptors (Lipinski definition) is 2. The van der Waals surface area contributed by atoms with Gasteiger partial charge in [0, 0.05) is 32.8 Å². The molecule has 0 spiro atoms. The summed E-state index contributed by atoms with van der Waals surface area (Å²) >= 11 is 0. The molecule has 0 heterocycles. The first-order chi connectivity index (χ1) is 7.86. The van der Waals surface area contributed by atoms with Crippen molar-refractivity contribution in [2.24, 2.45) is 4.99 Å². The van der Waals surface area contributed by atoms with Crippen LogP contribution in [0.15, 0.2) is 4.99 Å². The Morgan fingerprint density at radius 3 is 2.65 bits per heavy atom. The zero-order chi connectivity index (χ0) is 11.6. The average Bonchev–Trinajstić information content (AvgIpc) is 2.80. The van der Waals surface area contributed by atoms with Gasteiger partial charge in [0.25, 0.3) is 0 Å². The SMILES string of the molecule is CCOCCCNC(=NC)NC1CCCC1.I. The minimum Gasteiger partial charge on any atom is -0.382 e. The molecule has 102 valence electrons. The smallest absolute Gasteiger partial charge is 0.191 e. The van der Waals surface area contributed by atoms with Crippen molar-refractivity contribution in [1.82, 2.24) is 10.6 Å². The van der Waals surface area contributed by atoms with Gasteiger partial charge in [-0.25, -0.2) is 0 Å². The lowest BCUT2D eigenvalue weighted by molar-refractivity contribution is 0.145. The molecule has 2 N–H and O–H groups in total. The number of ether oxygens (including phenoxy) is 1. The summed E-state index contributed by atoms with van der Waals surface area (Å²) in [7, 11) is 1.83. The normalized spacial score (nSPS) is 16.7. The molecular formula is C12H26IN3O. The predicted molar refractivity (Wildman–Crippen MR) is 83.3 cm³/mol.